The second kappa shape index (κ2) is 8.80. The third-order valence-corrected chi connectivity index (χ3v) is 10.2. The highest BCUT2D eigenvalue weighted by atomic mass is 32.2. The summed E-state index contributed by atoms with van der Waals surface area (Å²) in [7, 11) is -4.40. The van der Waals surface area contributed by atoms with Crippen LogP contribution in [0.5, 0.6) is 0 Å². The van der Waals surface area contributed by atoms with Crippen LogP contribution in [0.3, 0.4) is 0 Å². The van der Waals surface area contributed by atoms with Crippen LogP contribution >= 0.6 is 0 Å². The van der Waals surface area contributed by atoms with Gasteiger partial charge in [0.25, 0.3) is 0 Å². The molecule has 1 aliphatic carbocycles. The fourth-order valence-electron chi connectivity index (χ4n) is 6.02. The van der Waals surface area contributed by atoms with Crippen LogP contribution in [0.1, 0.15) is 35.3 Å². The van der Waals surface area contributed by atoms with Crippen LogP contribution in [0.25, 0.3) is 0 Å². The Hall–Kier alpha value is -2.99. The molecule has 5 atom stereocenters. The minimum absolute atomic E-state index is 0.0815. The molecule has 0 bridgehead atoms. The molecular weight excluding hydrogens is 510 g/mol. The SMILES string of the molecule is O=S1(=O)[C@H](c2ccccc2)CC[C@H](C(F)(F)F)N1Cc1ccc(N2C[C@@H]3[C@H](C2)[C@@H]3n2cnnc2)cc1F. The highest BCUT2D eigenvalue weighted by Gasteiger charge is 2.57. The number of nitrogens with zero attached hydrogens (tertiary/aromatic N) is 5. The first-order valence-corrected chi connectivity index (χ1v) is 13.6. The van der Waals surface area contributed by atoms with Gasteiger partial charge in [-0.15, -0.1) is 10.2 Å². The van der Waals surface area contributed by atoms with Gasteiger partial charge < -0.3 is 9.47 Å². The van der Waals surface area contributed by atoms with Crippen molar-refractivity contribution in [3.8, 4) is 0 Å². The molecule has 2 aliphatic heterocycles. The van der Waals surface area contributed by atoms with Gasteiger partial charge in [-0.2, -0.15) is 17.5 Å². The lowest BCUT2D eigenvalue weighted by molar-refractivity contribution is -0.176. The topological polar surface area (TPSA) is 71.3 Å². The van der Waals surface area contributed by atoms with Crippen molar-refractivity contribution < 1.29 is 26.0 Å². The minimum Gasteiger partial charge on any atom is -0.371 e. The summed E-state index contributed by atoms with van der Waals surface area (Å²) in [6.45, 7) is 0.770. The maximum Gasteiger partial charge on any atom is 0.405 e. The van der Waals surface area contributed by atoms with Crippen molar-refractivity contribution in [1.29, 1.82) is 0 Å². The Labute approximate surface area is 211 Å². The molecule has 0 spiro atoms. The Kier molecular flexibility index (Phi) is 5.79. The second-order valence-corrected chi connectivity index (χ2v) is 12.1. The monoisotopic (exact) mass is 535 g/mol. The summed E-state index contributed by atoms with van der Waals surface area (Å²) in [5, 5.41) is 6.58. The van der Waals surface area contributed by atoms with E-state index in [2.05, 4.69) is 10.2 Å². The number of alkyl halides is 3. The molecule has 3 heterocycles. The van der Waals surface area contributed by atoms with Crippen LogP contribution in [-0.2, 0) is 16.6 Å². The number of sulfonamides is 1. The van der Waals surface area contributed by atoms with E-state index in [0.717, 1.165) is 13.1 Å². The van der Waals surface area contributed by atoms with E-state index in [1.54, 1.807) is 49.1 Å². The molecule has 2 aromatic carbocycles. The molecule has 0 N–H and O–H groups in total. The van der Waals surface area contributed by atoms with Gasteiger partial charge in [-0.25, -0.2) is 12.8 Å². The lowest BCUT2D eigenvalue weighted by atomic mass is 10.0. The Bertz CT molecular complexity index is 1370. The van der Waals surface area contributed by atoms with E-state index in [0.29, 0.717) is 33.4 Å². The number of aromatic nitrogens is 3. The lowest BCUT2D eigenvalue weighted by Gasteiger charge is -2.39. The number of anilines is 1. The first-order chi connectivity index (χ1) is 17.6. The molecule has 37 heavy (non-hydrogen) atoms. The quantitative estimate of drug-likeness (QED) is 0.455. The molecule has 196 valence electrons. The third-order valence-electron chi connectivity index (χ3n) is 7.94. The van der Waals surface area contributed by atoms with E-state index >= 15 is 4.39 Å². The molecule has 2 saturated heterocycles. The Balaban J connectivity index is 1.22. The summed E-state index contributed by atoms with van der Waals surface area (Å²) < 4.78 is 86.2. The lowest BCUT2D eigenvalue weighted by Crippen LogP contribution is -2.52. The largest absolute Gasteiger partial charge is 0.405 e. The molecule has 0 radical (unpaired) electrons. The average Bonchev–Trinajstić information content (AvgIpc) is 3.23. The molecule has 3 aliphatic rings. The van der Waals surface area contributed by atoms with Gasteiger partial charge in [-0.3, -0.25) is 0 Å². The predicted molar refractivity (Wildman–Crippen MR) is 127 cm³/mol. The van der Waals surface area contributed by atoms with E-state index in [1.165, 1.54) is 12.1 Å². The van der Waals surface area contributed by atoms with Crippen molar-refractivity contribution >= 4 is 15.7 Å². The number of benzene rings is 2. The van der Waals surface area contributed by atoms with Crippen LogP contribution in [0.15, 0.2) is 61.2 Å². The second-order valence-electron chi connectivity index (χ2n) is 10.0. The third kappa shape index (κ3) is 4.29. The molecule has 0 amide bonds. The van der Waals surface area contributed by atoms with E-state index in [1.807, 2.05) is 9.47 Å². The predicted octanol–water partition coefficient (Wildman–Crippen LogP) is 4.32. The Morgan fingerprint density at radius 3 is 2.24 bits per heavy atom. The van der Waals surface area contributed by atoms with Crippen molar-refractivity contribution in [3.63, 3.8) is 0 Å². The molecule has 3 aromatic rings. The van der Waals surface area contributed by atoms with Crippen molar-refractivity contribution in [2.75, 3.05) is 18.0 Å². The Morgan fingerprint density at radius 1 is 0.946 bits per heavy atom. The minimum atomic E-state index is -4.76. The van der Waals surface area contributed by atoms with E-state index in [4.69, 9.17) is 0 Å². The van der Waals surface area contributed by atoms with Gasteiger partial charge in [0.1, 0.15) is 29.8 Å². The van der Waals surface area contributed by atoms with Gasteiger partial charge in [0.05, 0.1) is 0 Å². The maximum atomic E-state index is 15.2. The maximum absolute atomic E-state index is 15.2. The van der Waals surface area contributed by atoms with Crippen molar-refractivity contribution in [3.05, 3.63) is 78.1 Å². The van der Waals surface area contributed by atoms with Crippen LogP contribution in [-0.4, -0.2) is 52.8 Å². The fourth-order valence-corrected chi connectivity index (χ4v) is 8.18. The number of fused-ring (bicyclic) bond motifs is 1. The number of hydrogen-bond donors (Lipinski definition) is 0. The van der Waals surface area contributed by atoms with Gasteiger partial charge in [-0.05, 0) is 30.5 Å². The molecule has 6 rings (SSSR count). The van der Waals surface area contributed by atoms with Crippen LogP contribution in [0, 0.1) is 17.7 Å². The summed E-state index contributed by atoms with van der Waals surface area (Å²) >= 11 is 0. The zero-order valence-electron chi connectivity index (χ0n) is 19.7. The average molecular weight is 536 g/mol. The zero-order chi connectivity index (χ0) is 25.9. The van der Waals surface area contributed by atoms with Crippen molar-refractivity contribution in [2.45, 2.75) is 42.9 Å². The summed E-state index contributed by atoms with van der Waals surface area (Å²) in [5.74, 6) is 0.0887. The van der Waals surface area contributed by atoms with Crippen LogP contribution in [0.2, 0.25) is 0 Å². The molecule has 12 heteroatoms. The number of piperidine rings is 1. The highest BCUT2D eigenvalue weighted by molar-refractivity contribution is 7.89. The van der Waals surface area contributed by atoms with E-state index in [-0.39, 0.29) is 18.4 Å². The molecule has 1 aromatic heterocycles. The van der Waals surface area contributed by atoms with Gasteiger partial charge in [-0.1, -0.05) is 36.4 Å². The van der Waals surface area contributed by atoms with Crippen LogP contribution in [0.4, 0.5) is 23.2 Å². The van der Waals surface area contributed by atoms with Gasteiger partial charge in [0, 0.05) is 48.8 Å². The number of hydrogen-bond acceptors (Lipinski definition) is 5. The first kappa shape index (κ1) is 24.4. The van der Waals surface area contributed by atoms with Crippen LogP contribution < -0.4 is 4.90 Å². The summed E-state index contributed by atoms with van der Waals surface area (Å²) in [6, 6.07) is 10.7. The normalized spacial score (nSPS) is 29.3. The van der Waals surface area contributed by atoms with E-state index in [9.17, 15) is 21.6 Å². The summed E-state index contributed by atoms with van der Waals surface area (Å²) in [4.78, 5) is 2.05. The zero-order valence-corrected chi connectivity index (χ0v) is 20.5. The van der Waals surface area contributed by atoms with E-state index < -0.39 is 39.9 Å². The summed E-state index contributed by atoms with van der Waals surface area (Å²) in [5.41, 5.74) is 0.982. The summed E-state index contributed by atoms with van der Waals surface area (Å²) in [6.07, 6.45) is -1.92. The van der Waals surface area contributed by atoms with Gasteiger partial charge in [0.2, 0.25) is 10.0 Å². The molecule has 7 nitrogen and oxygen atoms in total. The fraction of sp³-hybridized carbons (Fsp3) is 0.440. The molecule has 1 saturated carbocycles. The number of halogens is 4. The molecule has 0 unspecified atom stereocenters. The smallest absolute Gasteiger partial charge is 0.371 e. The first-order valence-electron chi connectivity index (χ1n) is 12.1. The van der Waals surface area contributed by atoms with Crippen molar-refractivity contribution in [2.24, 2.45) is 11.8 Å². The Morgan fingerprint density at radius 2 is 1.62 bits per heavy atom. The highest BCUT2D eigenvalue weighted by Crippen LogP contribution is 2.55. The van der Waals surface area contributed by atoms with Gasteiger partial charge >= 0.3 is 6.18 Å². The van der Waals surface area contributed by atoms with Gasteiger partial charge in [0.15, 0.2) is 0 Å². The standard InChI is InChI=1S/C25H25F4N5O2S/c26-21-10-18(32-12-19-20(13-32)24(19)33-14-30-31-15-33)7-6-17(21)11-34-23(25(27,28)29)9-8-22(37(34,35)36)16-4-2-1-3-5-16/h1-7,10,14-15,19-20,22-24H,8-9,11-13H2/t19-,20+,22-,23+,24-/m0/s1. The van der Waals surface area contributed by atoms with Crippen molar-refractivity contribution in [1.82, 2.24) is 19.1 Å². The molecular formula is C25H25F4N5O2S. The number of rotatable bonds is 5. The molecule has 3 fully saturated rings.